The van der Waals surface area contributed by atoms with E-state index in [0.29, 0.717) is 17.3 Å². The fourth-order valence-electron chi connectivity index (χ4n) is 1.34. The van der Waals surface area contributed by atoms with E-state index in [1.807, 2.05) is 0 Å². The molecule has 0 aliphatic carbocycles. The molecule has 0 saturated carbocycles. The lowest BCUT2D eigenvalue weighted by atomic mass is 10.3. The van der Waals surface area contributed by atoms with Crippen molar-refractivity contribution in [2.75, 3.05) is 20.0 Å². The van der Waals surface area contributed by atoms with E-state index in [2.05, 4.69) is 4.98 Å². The van der Waals surface area contributed by atoms with Crippen LogP contribution in [0.4, 0.5) is 5.69 Å². The number of benzene rings is 1. The summed E-state index contributed by atoms with van der Waals surface area (Å²) >= 11 is 0. The van der Waals surface area contributed by atoms with Gasteiger partial charge in [0, 0.05) is 11.9 Å². The summed E-state index contributed by atoms with van der Waals surface area (Å²) in [6.07, 6.45) is 1.65. The fraction of sp³-hybridized carbons (Fsp3) is 0.154. The Hall–Kier alpha value is -2.32. The number of sulfonamides is 1. The molecule has 0 atom stereocenters. The van der Waals surface area contributed by atoms with Crippen LogP contribution >= 0.6 is 0 Å². The molecule has 1 aromatic carbocycles. The highest BCUT2D eigenvalue weighted by atomic mass is 32.2. The predicted molar refractivity (Wildman–Crippen MR) is 79.6 cm³/mol. The van der Waals surface area contributed by atoms with Crippen LogP contribution in [0.25, 0.3) is 0 Å². The molecule has 1 heterocycles. The van der Waals surface area contributed by atoms with E-state index >= 15 is 0 Å². The number of pyridine rings is 1. The van der Waals surface area contributed by atoms with Gasteiger partial charge in [0.15, 0.2) is 5.75 Å². The van der Waals surface area contributed by atoms with Crippen molar-refractivity contribution >= 4 is 15.7 Å². The molecule has 8 heteroatoms. The quantitative estimate of drug-likeness (QED) is 0.817. The van der Waals surface area contributed by atoms with E-state index in [1.165, 1.54) is 24.3 Å². The Morgan fingerprint density at radius 1 is 1.05 bits per heavy atom. The van der Waals surface area contributed by atoms with E-state index in [4.69, 9.17) is 20.3 Å². The van der Waals surface area contributed by atoms with Crippen LogP contribution in [-0.2, 0) is 10.0 Å². The van der Waals surface area contributed by atoms with Gasteiger partial charge in [-0.3, -0.25) is 0 Å². The van der Waals surface area contributed by atoms with Crippen LogP contribution < -0.4 is 20.3 Å². The second-order valence-electron chi connectivity index (χ2n) is 3.83. The molecule has 0 radical (unpaired) electrons. The van der Waals surface area contributed by atoms with Crippen LogP contribution in [-0.4, -0.2) is 27.6 Å². The van der Waals surface area contributed by atoms with Crippen molar-refractivity contribution in [3.8, 4) is 11.6 Å². The van der Waals surface area contributed by atoms with Gasteiger partial charge in [0.05, 0.1) is 19.1 Å². The van der Waals surface area contributed by atoms with Crippen molar-refractivity contribution in [2.24, 2.45) is 5.14 Å². The second kappa shape index (κ2) is 7.46. The molecule has 0 spiro atoms. The summed E-state index contributed by atoms with van der Waals surface area (Å²) in [5.74, 6) is 1.18. The maximum Gasteiger partial charge on any atom is 0.256 e. The van der Waals surface area contributed by atoms with Crippen LogP contribution in [0.2, 0.25) is 0 Å². The topological polar surface area (TPSA) is 118 Å². The lowest BCUT2D eigenvalue weighted by Gasteiger charge is -2.03. The summed E-state index contributed by atoms with van der Waals surface area (Å²) < 4.78 is 31.2. The van der Waals surface area contributed by atoms with Crippen LogP contribution in [0.15, 0.2) is 47.5 Å². The molecule has 0 bridgehead atoms. The van der Waals surface area contributed by atoms with Crippen molar-refractivity contribution in [2.45, 2.75) is 4.90 Å². The molecule has 114 valence electrons. The van der Waals surface area contributed by atoms with Crippen molar-refractivity contribution in [3.05, 3.63) is 42.6 Å². The maximum atomic E-state index is 10.7. The number of hydrogen-bond acceptors (Lipinski definition) is 6. The lowest BCUT2D eigenvalue weighted by Crippen LogP contribution is -2.11. The minimum atomic E-state index is -3.58. The summed E-state index contributed by atoms with van der Waals surface area (Å²) in [5.41, 5.74) is 5.85. The zero-order chi connectivity index (χ0) is 15.9. The number of nitrogens with two attached hydrogens (primary N) is 2. The monoisotopic (exact) mass is 311 g/mol. The fourth-order valence-corrected chi connectivity index (χ4v) is 1.86. The molecule has 4 N–H and O–H groups in total. The Balaban J connectivity index is 0.000000211. The maximum absolute atomic E-state index is 10.7. The summed E-state index contributed by atoms with van der Waals surface area (Å²) in [4.78, 5) is 4.00. The normalized spacial score (nSPS) is 10.2. The molecule has 1 aromatic heterocycles. The summed E-state index contributed by atoms with van der Waals surface area (Å²) in [5, 5.41) is 4.84. The van der Waals surface area contributed by atoms with Gasteiger partial charge in [0.1, 0.15) is 0 Å². The number of nitrogens with zero attached hydrogens (tertiary/aromatic N) is 1. The van der Waals surface area contributed by atoms with Gasteiger partial charge in [0.2, 0.25) is 10.0 Å². The number of anilines is 1. The van der Waals surface area contributed by atoms with Gasteiger partial charge < -0.3 is 15.2 Å². The van der Waals surface area contributed by atoms with Gasteiger partial charge in [-0.25, -0.2) is 18.5 Å². The third-order valence-electron chi connectivity index (χ3n) is 2.36. The molecule has 2 rings (SSSR count). The molecule has 0 amide bonds. The lowest BCUT2D eigenvalue weighted by molar-refractivity contribution is 0.343. The highest BCUT2D eigenvalue weighted by molar-refractivity contribution is 7.89. The Morgan fingerprint density at radius 2 is 1.67 bits per heavy atom. The largest absolute Gasteiger partial charge is 0.491 e. The standard InChI is InChI=1S/C7H9NO2.C6H8N2O2S/c1-9-6-4-3-5-8-7(6)10-2;7-5-1-3-6(4-2-5)11(8,9)10/h3-5H,1-2H3;1-4H,7H2,(H2,8,9,10). The van der Waals surface area contributed by atoms with Crippen LogP contribution in [0, 0.1) is 0 Å². The average molecular weight is 311 g/mol. The van der Waals surface area contributed by atoms with E-state index in [1.54, 1.807) is 32.5 Å². The molecule has 0 aliphatic heterocycles. The van der Waals surface area contributed by atoms with Gasteiger partial charge in [-0.2, -0.15) is 0 Å². The van der Waals surface area contributed by atoms with E-state index < -0.39 is 10.0 Å². The van der Waals surface area contributed by atoms with Crippen LogP contribution in [0.1, 0.15) is 0 Å². The minimum absolute atomic E-state index is 0.0756. The molecular formula is C13H17N3O4S. The first-order chi connectivity index (χ1) is 9.88. The average Bonchev–Trinajstić information content (AvgIpc) is 2.47. The van der Waals surface area contributed by atoms with Crippen molar-refractivity contribution in [1.82, 2.24) is 4.98 Å². The first-order valence-corrected chi connectivity index (χ1v) is 7.34. The second-order valence-corrected chi connectivity index (χ2v) is 5.39. The summed E-state index contributed by atoms with van der Waals surface area (Å²) in [6.45, 7) is 0. The molecule has 7 nitrogen and oxygen atoms in total. The molecule has 0 fully saturated rings. The van der Waals surface area contributed by atoms with E-state index in [9.17, 15) is 8.42 Å². The minimum Gasteiger partial charge on any atom is -0.491 e. The van der Waals surface area contributed by atoms with Gasteiger partial charge >= 0.3 is 0 Å². The molecular weight excluding hydrogens is 294 g/mol. The number of methoxy groups -OCH3 is 2. The van der Waals surface area contributed by atoms with Crippen molar-refractivity contribution in [3.63, 3.8) is 0 Å². The number of ether oxygens (including phenoxy) is 2. The number of rotatable bonds is 3. The third kappa shape index (κ3) is 5.28. The number of aromatic nitrogens is 1. The van der Waals surface area contributed by atoms with Gasteiger partial charge in [-0.1, -0.05) is 0 Å². The van der Waals surface area contributed by atoms with Crippen molar-refractivity contribution < 1.29 is 17.9 Å². The summed E-state index contributed by atoms with van der Waals surface area (Å²) in [6, 6.07) is 9.29. The van der Waals surface area contributed by atoms with Gasteiger partial charge in [0.25, 0.3) is 5.88 Å². The number of nitrogen functional groups attached to an aromatic ring is 1. The number of hydrogen-bond donors (Lipinski definition) is 2. The van der Waals surface area contributed by atoms with Crippen LogP contribution in [0.3, 0.4) is 0 Å². The Labute approximate surface area is 123 Å². The van der Waals surface area contributed by atoms with Crippen LogP contribution in [0.5, 0.6) is 11.6 Å². The SMILES string of the molecule is COc1cccnc1OC.Nc1ccc(S(N)(=O)=O)cc1. The van der Waals surface area contributed by atoms with Gasteiger partial charge in [-0.05, 0) is 36.4 Å². The molecule has 2 aromatic rings. The molecule has 21 heavy (non-hydrogen) atoms. The summed E-state index contributed by atoms with van der Waals surface area (Å²) in [7, 11) is -0.432. The Bertz CT molecular complexity index is 649. The number of primary sulfonamides is 1. The van der Waals surface area contributed by atoms with E-state index in [-0.39, 0.29) is 4.90 Å². The zero-order valence-corrected chi connectivity index (χ0v) is 12.5. The first kappa shape index (κ1) is 16.7. The highest BCUT2D eigenvalue weighted by Crippen LogP contribution is 2.21. The Kier molecular flexibility index (Phi) is 5.94. The molecule has 0 unspecified atom stereocenters. The molecule has 0 aliphatic rings. The zero-order valence-electron chi connectivity index (χ0n) is 11.7. The third-order valence-corrected chi connectivity index (χ3v) is 3.29. The smallest absolute Gasteiger partial charge is 0.256 e. The van der Waals surface area contributed by atoms with E-state index in [0.717, 1.165) is 0 Å². The molecule has 0 saturated heterocycles. The first-order valence-electron chi connectivity index (χ1n) is 5.80. The Morgan fingerprint density at radius 3 is 2.10 bits per heavy atom. The van der Waals surface area contributed by atoms with Crippen molar-refractivity contribution in [1.29, 1.82) is 0 Å². The van der Waals surface area contributed by atoms with Gasteiger partial charge in [-0.15, -0.1) is 0 Å². The predicted octanol–water partition coefficient (Wildman–Crippen LogP) is 1.02. The highest BCUT2D eigenvalue weighted by Gasteiger charge is 2.05.